The first kappa shape index (κ1) is 19.1. The van der Waals surface area contributed by atoms with Gasteiger partial charge in [-0.2, -0.15) is 0 Å². The fourth-order valence-corrected chi connectivity index (χ4v) is 2.90. The van der Waals surface area contributed by atoms with Gasteiger partial charge in [-0.15, -0.1) is 0 Å². The van der Waals surface area contributed by atoms with E-state index < -0.39 is 12.1 Å². The number of ether oxygens (including phenoxy) is 1. The van der Waals surface area contributed by atoms with Crippen LogP contribution in [0.3, 0.4) is 0 Å². The Morgan fingerprint density at radius 1 is 1.40 bits per heavy atom. The molecule has 0 bridgehead atoms. The van der Waals surface area contributed by atoms with E-state index in [1.54, 1.807) is 37.5 Å². The first-order valence-electron chi connectivity index (χ1n) is 8.48. The molecule has 0 aromatic heterocycles. The molecule has 1 aromatic rings. The van der Waals surface area contributed by atoms with Gasteiger partial charge in [-0.25, -0.2) is 4.79 Å². The van der Waals surface area contributed by atoms with Gasteiger partial charge in [0.25, 0.3) is 0 Å². The number of hydrogen-bond acceptors (Lipinski definition) is 4. The van der Waals surface area contributed by atoms with E-state index in [0.29, 0.717) is 32.4 Å². The number of carbonyl (C=O) groups excluding carboxylic acids is 1. The van der Waals surface area contributed by atoms with Crippen molar-refractivity contribution in [1.82, 2.24) is 4.90 Å². The van der Waals surface area contributed by atoms with Crippen molar-refractivity contribution in [2.75, 3.05) is 20.3 Å². The summed E-state index contributed by atoms with van der Waals surface area (Å²) in [6.07, 6.45) is 5.54. The first-order valence-corrected chi connectivity index (χ1v) is 8.48. The largest absolute Gasteiger partial charge is 0.478 e. The van der Waals surface area contributed by atoms with Crippen LogP contribution in [0.25, 0.3) is 0 Å². The maximum Gasteiger partial charge on any atom is 0.335 e. The van der Waals surface area contributed by atoms with Gasteiger partial charge in [-0.1, -0.05) is 24.3 Å². The predicted molar refractivity (Wildman–Crippen MR) is 93.5 cm³/mol. The fourth-order valence-electron chi connectivity index (χ4n) is 2.90. The second-order valence-corrected chi connectivity index (χ2v) is 6.18. The van der Waals surface area contributed by atoms with Crippen LogP contribution in [0.15, 0.2) is 36.4 Å². The highest BCUT2D eigenvalue weighted by atomic mass is 16.5. The van der Waals surface area contributed by atoms with Gasteiger partial charge < -0.3 is 19.8 Å². The topological polar surface area (TPSA) is 87.1 Å². The number of hydrogen-bond donors (Lipinski definition) is 2. The van der Waals surface area contributed by atoms with Gasteiger partial charge in [-0.3, -0.25) is 4.79 Å². The van der Waals surface area contributed by atoms with E-state index in [4.69, 9.17) is 9.84 Å². The molecule has 1 amide bonds. The molecule has 6 nitrogen and oxygen atoms in total. The lowest BCUT2D eigenvalue weighted by molar-refractivity contribution is -0.128. The number of nitrogens with zero attached hydrogens (tertiary/aromatic N) is 1. The second kappa shape index (κ2) is 9.34. The van der Waals surface area contributed by atoms with E-state index in [0.717, 1.165) is 12.0 Å². The van der Waals surface area contributed by atoms with E-state index in [9.17, 15) is 14.7 Å². The summed E-state index contributed by atoms with van der Waals surface area (Å²) in [7, 11) is 1.59. The molecule has 2 N–H and O–H groups in total. The Kier molecular flexibility index (Phi) is 7.16. The Labute approximate surface area is 147 Å². The number of aliphatic hydroxyl groups is 1. The van der Waals surface area contributed by atoms with E-state index in [1.165, 1.54) is 0 Å². The Hall–Kier alpha value is -2.18. The van der Waals surface area contributed by atoms with Crippen molar-refractivity contribution in [3.8, 4) is 0 Å². The maximum atomic E-state index is 12.1. The third kappa shape index (κ3) is 5.69. The molecule has 0 spiro atoms. The molecular weight excluding hydrogens is 322 g/mol. The molecule has 1 saturated heterocycles. The van der Waals surface area contributed by atoms with Gasteiger partial charge in [0.1, 0.15) is 0 Å². The van der Waals surface area contributed by atoms with Gasteiger partial charge in [0.05, 0.1) is 17.7 Å². The van der Waals surface area contributed by atoms with Crippen LogP contribution < -0.4 is 0 Å². The third-order valence-electron chi connectivity index (χ3n) is 4.39. The number of methoxy groups -OCH3 is 1. The summed E-state index contributed by atoms with van der Waals surface area (Å²) in [5.41, 5.74) is 1.25. The Morgan fingerprint density at radius 2 is 2.12 bits per heavy atom. The number of aliphatic hydroxyl groups excluding tert-OH is 1. The summed E-state index contributed by atoms with van der Waals surface area (Å²) in [4.78, 5) is 24.8. The van der Waals surface area contributed by atoms with Crippen molar-refractivity contribution in [3.63, 3.8) is 0 Å². The minimum atomic E-state index is -0.946. The first-order chi connectivity index (χ1) is 12.0. The average molecular weight is 347 g/mol. The van der Waals surface area contributed by atoms with Crippen molar-refractivity contribution in [3.05, 3.63) is 47.5 Å². The average Bonchev–Trinajstić information content (AvgIpc) is 2.96. The summed E-state index contributed by atoms with van der Waals surface area (Å²) in [5, 5.41) is 18.8. The number of benzene rings is 1. The van der Waals surface area contributed by atoms with Gasteiger partial charge >= 0.3 is 5.97 Å². The number of carboxylic acid groups (broad SMARTS) is 1. The predicted octanol–water partition coefficient (Wildman–Crippen LogP) is 1.87. The number of carbonyl (C=O) groups is 2. The lowest BCUT2D eigenvalue weighted by Gasteiger charge is -2.22. The zero-order chi connectivity index (χ0) is 18.2. The SMILES string of the molecule is COCC[C@H](O)/C=C/[C@H]1CCC(=O)N1CCc1ccc(C(=O)O)cc1. The molecule has 25 heavy (non-hydrogen) atoms. The number of carboxylic acids is 1. The number of likely N-dealkylation sites (tertiary alicyclic amines) is 1. The standard InChI is InChI=1S/C19H25NO5/c1-25-13-11-17(21)8-6-16-7-9-18(22)20(16)12-10-14-2-4-15(5-3-14)19(23)24/h2-6,8,16-17,21H,7,9-13H2,1H3,(H,23,24)/b8-6+/t16-,17+/m0/s1. The van der Waals surface area contributed by atoms with E-state index in [2.05, 4.69) is 0 Å². The molecule has 1 aromatic carbocycles. The second-order valence-electron chi connectivity index (χ2n) is 6.18. The molecule has 0 saturated carbocycles. The number of rotatable bonds is 9. The van der Waals surface area contributed by atoms with Crippen LogP contribution in [0, 0.1) is 0 Å². The molecule has 0 radical (unpaired) electrons. The van der Waals surface area contributed by atoms with Crippen LogP contribution in [-0.2, 0) is 16.0 Å². The molecule has 1 fully saturated rings. The van der Waals surface area contributed by atoms with Gasteiger partial charge in [0.2, 0.25) is 5.91 Å². The monoisotopic (exact) mass is 347 g/mol. The fraction of sp³-hybridized carbons (Fsp3) is 0.474. The Bertz CT molecular complexity index is 611. The highest BCUT2D eigenvalue weighted by Gasteiger charge is 2.28. The highest BCUT2D eigenvalue weighted by Crippen LogP contribution is 2.21. The lowest BCUT2D eigenvalue weighted by Crippen LogP contribution is -2.33. The molecule has 1 heterocycles. The third-order valence-corrected chi connectivity index (χ3v) is 4.39. The van der Waals surface area contributed by atoms with Crippen LogP contribution in [0.5, 0.6) is 0 Å². The number of aromatic carboxylic acids is 1. The molecule has 2 rings (SSSR count). The zero-order valence-electron chi connectivity index (χ0n) is 14.4. The number of amides is 1. The minimum Gasteiger partial charge on any atom is -0.478 e. The van der Waals surface area contributed by atoms with Gasteiger partial charge in [-0.05, 0) is 30.5 Å². The quantitative estimate of drug-likeness (QED) is 0.666. The van der Waals surface area contributed by atoms with Crippen LogP contribution in [0.2, 0.25) is 0 Å². The van der Waals surface area contributed by atoms with Gasteiger partial charge in [0, 0.05) is 33.1 Å². The molecule has 1 aliphatic heterocycles. The molecule has 2 atom stereocenters. The van der Waals surface area contributed by atoms with Crippen LogP contribution in [0.1, 0.15) is 35.2 Å². The molecule has 136 valence electrons. The normalized spacial score (nSPS) is 18.9. The molecule has 0 unspecified atom stereocenters. The molecule has 6 heteroatoms. The maximum absolute atomic E-state index is 12.1. The summed E-state index contributed by atoms with van der Waals surface area (Å²) < 4.78 is 4.94. The Morgan fingerprint density at radius 3 is 2.76 bits per heavy atom. The van der Waals surface area contributed by atoms with Crippen LogP contribution >= 0.6 is 0 Å². The summed E-state index contributed by atoms with van der Waals surface area (Å²) in [6, 6.07) is 6.72. The molecule has 0 aliphatic carbocycles. The van der Waals surface area contributed by atoms with Crippen molar-refractivity contribution in [2.24, 2.45) is 0 Å². The van der Waals surface area contributed by atoms with E-state index in [-0.39, 0.29) is 17.5 Å². The summed E-state index contributed by atoms with van der Waals surface area (Å²) in [5.74, 6) is -0.832. The van der Waals surface area contributed by atoms with E-state index >= 15 is 0 Å². The smallest absolute Gasteiger partial charge is 0.335 e. The van der Waals surface area contributed by atoms with Crippen LogP contribution in [-0.4, -0.2) is 59.4 Å². The van der Waals surface area contributed by atoms with Crippen molar-refractivity contribution >= 4 is 11.9 Å². The molecule has 1 aliphatic rings. The van der Waals surface area contributed by atoms with Crippen molar-refractivity contribution in [1.29, 1.82) is 0 Å². The Balaban J connectivity index is 1.90. The van der Waals surface area contributed by atoms with Crippen molar-refractivity contribution in [2.45, 2.75) is 37.8 Å². The lowest BCUT2D eigenvalue weighted by atomic mass is 10.1. The van der Waals surface area contributed by atoms with Crippen molar-refractivity contribution < 1.29 is 24.5 Å². The highest BCUT2D eigenvalue weighted by molar-refractivity contribution is 5.87. The minimum absolute atomic E-state index is 0.00277. The molecular formula is C19H25NO5. The zero-order valence-corrected chi connectivity index (χ0v) is 14.4. The van der Waals surface area contributed by atoms with Gasteiger partial charge in [0.15, 0.2) is 0 Å². The summed E-state index contributed by atoms with van der Waals surface area (Å²) >= 11 is 0. The summed E-state index contributed by atoms with van der Waals surface area (Å²) in [6.45, 7) is 1.07. The van der Waals surface area contributed by atoms with E-state index in [1.807, 2.05) is 11.0 Å². The van der Waals surface area contributed by atoms with Crippen LogP contribution in [0.4, 0.5) is 0 Å².